The first-order chi connectivity index (χ1) is 7.28. The molecule has 0 aromatic rings. The van der Waals surface area contributed by atoms with Gasteiger partial charge in [0.1, 0.15) is 0 Å². The highest BCUT2D eigenvalue weighted by atomic mass is 31.0. The maximum absolute atomic E-state index is 8.94. The molecule has 2 unspecified atom stereocenters. The van der Waals surface area contributed by atoms with Crippen molar-refractivity contribution in [3.8, 4) is 0 Å². The first kappa shape index (κ1) is 17.0. The van der Waals surface area contributed by atoms with Gasteiger partial charge in [-0.25, -0.2) is 0 Å². The predicted octanol–water partition coefficient (Wildman–Crippen LogP) is 2.83. The third kappa shape index (κ3) is 9.86. The quantitative estimate of drug-likeness (QED) is 0.542. The van der Waals surface area contributed by atoms with E-state index in [4.69, 9.17) is 5.11 Å². The summed E-state index contributed by atoms with van der Waals surface area (Å²) in [6, 6.07) is 0.0829. The third-order valence-corrected chi connectivity index (χ3v) is 2.17. The number of aliphatic hydroxyl groups excluding tert-OH is 1. The van der Waals surface area contributed by atoms with Gasteiger partial charge in [0.2, 0.25) is 0 Å². The normalized spacial score (nSPS) is 13.3. The highest BCUT2D eigenvalue weighted by molar-refractivity contribution is 7.13. The van der Waals surface area contributed by atoms with Crippen molar-refractivity contribution < 1.29 is 5.11 Å². The van der Waals surface area contributed by atoms with Crippen LogP contribution in [-0.2, 0) is 0 Å². The standard InChI is InChI=1S/C10H18NOP.C2H6/c1-3-5-6-9(4-2)7-10(8-12)11-13;1-2/h3-6,10-12H,2,7-8,13H2,1H3;1-2H3/b5-3-,9-6+;. The third-order valence-electron chi connectivity index (χ3n) is 1.70. The van der Waals surface area contributed by atoms with Crippen LogP contribution in [0.3, 0.4) is 0 Å². The van der Waals surface area contributed by atoms with Crippen LogP contribution in [0, 0.1) is 0 Å². The van der Waals surface area contributed by atoms with Gasteiger partial charge >= 0.3 is 0 Å². The van der Waals surface area contributed by atoms with Crippen molar-refractivity contribution in [2.24, 2.45) is 0 Å². The molecule has 0 saturated carbocycles. The second kappa shape index (κ2) is 13.6. The minimum absolute atomic E-state index is 0.0829. The van der Waals surface area contributed by atoms with Crippen LogP contribution in [0.25, 0.3) is 0 Å². The lowest BCUT2D eigenvalue weighted by Crippen LogP contribution is -2.24. The Morgan fingerprint density at radius 3 is 2.47 bits per heavy atom. The molecule has 0 spiro atoms. The molecule has 88 valence electrons. The van der Waals surface area contributed by atoms with Crippen LogP contribution >= 0.6 is 9.39 Å². The summed E-state index contributed by atoms with van der Waals surface area (Å²) in [5, 5.41) is 11.9. The predicted molar refractivity (Wildman–Crippen MR) is 72.8 cm³/mol. The van der Waals surface area contributed by atoms with Crippen molar-refractivity contribution in [2.45, 2.75) is 33.2 Å². The van der Waals surface area contributed by atoms with Gasteiger partial charge < -0.3 is 5.11 Å². The van der Waals surface area contributed by atoms with Crippen LogP contribution in [0.1, 0.15) is 27.2 Å². The second-order valence-electron chi connectivity index (χ2n) is 2.72. The van der Waals surface area contributed by atoms with E-state index in [1.165, 1.54) is 0 Å². The van der Waals surface area contributed by atoms with Crippen molar-refractivity contribution in [2.75, 3.05) is 6.61 Å². The average molecular weight is 229 g/mol. The van der Waals surface area contributed by atoms with E-state index in [1.807, 2.05) is 45.1 Å². The van der Waals surface area contributed by atoms with E-state index in [9.17, 15) is 0 Å². The molecular weight excluding hydrogens is 205 g/mol. The van der Waals surface area contributed by atoms with Crippen molar-refractivity contribution in [3.63, 3.8) is 0 Å². The van der Waals surface area contributed by atoms with Crippen molar-refractivity contribution >= 4 is 9.39 Å². The van der Waals surface area contributed by atoms with E-state index >= 15 is 0 Å². The van der Waals surface area contributed by atoms with Gasteiger partial charge in [0.15, 0.2) is 0 Å². The summed E-state index contributed by atoms with van der Waals surface area (Å²) in [5.74, 6) is 0. The monoisotopic (exact) mass is 229 g/mol. The molecule has 2 N–H and O–H groups in total. The molecule has 0 aromatic heterocycles. The van der Waals surface area contributed by atoms with E-state index in [0.29, 0.717) is 0 Å². The number of rotatable bonds is 6. The molecule has 2 nitrogen and oxygen atoms in total. The fourth-order valence-electron chi connectivity index (χ4n) is 0.900. The molecule has 0 radical (unpaired) electrons. The molecule has 0 aliphatic carbocycles. The lowest BCUT2D eigenvalue weighted by Gasteiger charge is -2.12. The van der Waals surface area contributed by atoms with Crippen molar-refractivity contribution in [1.82, 2.24) is 5.09 Å². The van der Waals surface area contributed by atoms with Crippen LogP contribution in [0.2, 0.25) is 0 Å². The molecule has 0 aliphatic rings. The van der Waals surface area contributed by atoms with Gasteiger partial charge in [-0.05, 0) is 18.9 Å². The van der Waals surface area contributed by atoms with Crippen LogP contribution in [-0.4, -0.2) is 17.8 Å². The van der Waals surface area contributed by atoms with Crippen LogP contribution in [0.5, 0.6) is 0 Å². The van der Waals surface area contributed by atoms with E-state index in [0.717, 1.165) is 12.0 Å². The molecule has 2 atom stereocenters. The zero-order valence-electron chi connectivity index (χ0n) is 10.0. The molecule has 0 heterocycles. The number of hydrogen-bond acceptors (Lipinski definition) is 2. The first-order valence-electron chi connectivity index (χ1n) is 5.29. The molecule has 0 rings (SSSR count). The second-order valence-corrected chi connectivity index (χ2v) is 3.06. The number of aliphatic hydroxyl groups is 1. The summed E-state index contributed by atoms with van der Waals surface area (Å²) in [6.07, 6.45) is 8.52. The molecule has 15 heavy (non-hydrogen) atoms. The van der Waals surface area contributed by atoms with Gasteiger partial charge in [-0.3, -0.25) is 5.09 Å². The van der Waals surface area contributed by atoms with E-state index in [-0.39, 0.29) is 12.6 Å². The largest absolute Gasteiger partial charge is 0.395 e. The molecule has 0 aromatic carbocycles. The van der Waals surface area contributed by atoms with Gasteiger partial charge in [0.25, 0.3) is 0 Å². The zero-order valence-corrected chi connectivity index (χ0v) is 11.2. The summed E-state index contributed by atoms with van der Waals surface area (Å²) in [6.45, 7) is 9.81. The Hall–Kier alpha value is -0.430. The molecule has 0 fully saturated rings. The molecule has 0 saturated heterocycles. The highest BCUT2D eigenvalue weighted by Gasteiger charge is 2.04. The van der Waals surface area contributed by atoms with E-state index < -0.39 is 0 Å². The topological polar surface area (TPSA) is 32.3 Å². The number of hydrogen-bond donors (Lipinski definition) is 2. The van der Waals surface area contributed by atoms with Gasteiger partial charge in [-0.15, -0.1) is 0 Å². The number of nitrogens with one attached hydrogen (secondary N) is 1. The molecule has 0 bridgehead atoms. The van der Waals surface area contributed by atoms with Crippen LogP contribution in [0.4, 0.5) is 0 Å². The Morgan fingerprint density at radius 1 is 1.53 bits per heavy atom. The Morgan fingerprint density at radius 2 is 2.13 bits per heavy atom. The summed E-state index contributed by atoms with van der Waals surface area (Å²) in [5.41, 5.74) is 1.12. The maximum atomic E-state index is 8.94. The Kier molecular flexibility index (Phi) is 15.4. The van der Waals surface area contributed by atoms with Gasteiger partial charge in [-0.1, -0.05) is 54.1 Å². The van der Waals surface area contributed by atoms with E-state index in [1.54, 1.807) is 0 Å². The lowest BCUT2D eigenvalue weighted by molar-refractivity contribution is 0.259. The minimum Gasteiger partial charge on any atom is -0.395 e. The summed E-state index contributed by atoms with van der Waals surface area (Å²) in [4.78, 5) is 0. The van der Waals surface area contributed by atoms with E-state index in [2.05, 4.69) is 21.1 Å². The fourth-order valence-corrected chi connectivity index (χ4v) is 1.12. The van der Waals surface area contributed by atoms with Crippen molar-refractivity contribution in [1.29, 1.82) is 0 Å². The van der Waals surface area contributed by atoms with Gasteiger partial charge in [-0.2, -0.15) is 0 Å². The summed E-state index contributed by atoms with van der Waals surface area (Å²) >= 11 is 0. The SMILES string of the molecule is C=C/C(=C\C=C/C)CC(CO)NP.CC. The fraction of sp³-hybridized carbons (Fsp3) is 0.500. The number of allylic oxidation sites excluding steroid dienone is 4. The van der Waals surface area contributed by atoms with Crippen LogP contribution in [0.15, 0.2) is 36.5 Å². The smallest absolute Gasteiger partial charge is 0.0590 e. The Bertz CT molecular complexity index is 196. The lowest BCUT2D eigenvalue weighted by atomic mass is 10.1. The minimum atomic E-state index is 0.0829. The van der Waals surface area contributed by atoms with Gasteiger partial charge in [0.05, 0.1) is 6.61 Å². The van der Waals surface area contributed by atoms with Crippen LogP contribution < -0.4 is 5.09 Å². The molecular formula is C12H24NOP. The molecule has 3 heteroatoms. The molecule has 0 aliphatic heterocycles. The molecule has 0 amide bonds. The Labute approximate surface area is 96.4 Å². The maximum Gasteiger partial charge on any atom is 0.0590 e. The zero-order chi connectivity index (χ0) is 12.1. The summed E-state index contributed by atoms with van der Waals surface area (Å²) in [7, 11) is 2.41. The summed E-state index contributed by atoms with van der Waals surface area (Å²) < 4.78 is 0. The average Bonchev–Trinajstić information content (AvgIpc) is 2.32. The van der Waals surface area contributed by atoms with Crippen molar-refractivity contribution in [3.05, 3.63) is 36.5 Å². The van der Waals surface area contributed by atoms with Gasteiger partial charge in [0, 0.05) is 6.04 Å². The first-order valence-corrected chi connectivity index (χ1v) is 5.87. The Balaban J connectivity index is 0. The highest BCUT2D eigenvalue weighted by Crippen LogP contribution is 2.07.